The maximum absolute atomic E-state index is 12.0. The zero-order chi connectivity index (χ0) is 19.7. The average molecular weight is 414 g/mol. The molecule has 0 radical (unpaired) electrons. The maximum Gasteiger partial charge on any atom is 0.250 e. The largest absolute Gasteiger partial charge is 0.359 e. The van der Waals surface area contributed by atoms with Crippen LogP contribution in [0.2, 0.25) is 0 Å². The molecule has 150 valence electrons. The van der Waals surface area contributed by atoms with Crippen LogP contribution in [-0.4, -0.2) is 39.7 Å². The molecule has 2 rings (SSSR count). The summed E-state index contributed by atoms with van der Waals surface area (Å²) in [6.07, 6.45) is 2.06. The quantitative estimate of drug-likeness (QED) is 0.313. The molecule has 0 bridgehead atoms. The van der Waals surface area contributed by atoms with E-state index >= 15 is 0 Å². The van der Waals surface area contributed by atoms with Crippen molar-refractivity contribution >= 4 is 27.3 Å². The van der Waals surface area contributed by atoms with Gasteiger partial charge in [-0.25, -0.2) is 13.1 Å². The number of aliphatic imine (C=N–C) groups is 1. The maximum atomic E-state index is 12.0. The fourth-order valence-electron chi connectivity index (χ4n) is 2.56. The van der Waals surface area contributed by atoms with E-state index in [1.54, 1.807) is 24.6 Å². The van der Waals surface area contributed by atoms with E-state index in [1.165, 1.54) is 11.3 Å². The van der Waals surface area contributed by atoms with E-state index in [4.69, 9.17) is 4.52 Å². The molecule has 0 saturated heterocycles. The fourth-order valence-corrected chi connectivity index (χ4v) is 4.63. The van der Waals surface area contributed by atoms with Gasteiger partial charge in [-0.05, 0) is 24.3 Å². The third-order valence-electron chi connectivity index (χ3n) is 4.10. The zero-order valence-corrected chi connectivity index (χ0v) is 17.5. The van der Waals surface area contributed by atoms with Crippen LogP contribution in [0.25, 0.3) is 0 Å². The van der Waals surface area contributed by atoms with Crippen LogP contribution in [0.1, 0.15) is 44.1 Å². The normalized spacial score (nSPS) is 12.5. The second-order valence-corrected chi connectivity index (χ2v) is 8.86. The first-order chi connectivity index (χ1) is 13.0. The Morgan fingerprint density at radius 1 is 1.30 bits per heavy atom. The number of nitrogens with one attached hydrogen (secondary N) is 3. The van der Waals surface area contributed by atoms with Crippen molar-refractivity contribution in [1.29, 1.82) is 0 Å². The van der Waals surface area contributed by atoms with E-state index < -0.39 is 10.0 Å². The van der Waals surface area contributed by atoms with Crippen LogP contribution in [0.5, 0.6) is 0 Å². The summed E-state index contributed by atoms with van der Waals surface area (Å²) in [5.74, 6) is 1.71. The standard InChI is InChI=1S/C17H27N5O3S2/c1-4-13(5-2)15-11-14(25-22-15)12-20-17(18-3)19-8-9-21-27(23,24)16-7-6-10-26-16/h6-7,10-11,13,21H,4-5,8-9,12H2,1-3H3,(H2,18,19,20). The van der Waals surface area contributed by atoms with Gasteiger partial charge in [0, 0.05) is 32.1 Å². The molecule has 0 saturated carbocycles. The van der Waals surface area contributed by atoms with Crippen LogP contribution >= 0.6 is 11.3 Å². The highest BCUT2D eigenvalue weighted by atomic mass is 32.2. The number of aromatic nitrogens is 1. The number of hydrogen-bond acceptors (Lipinski definition) is 6. The van der Waals surface area contributed by atoms with Crippen LogP contribution in [0.3, 0.4) is 0 Å². The van der Waals surface area contributed by atoms with Gasteiger partial charge in [-0.15, -0.1) is 11.3 Å². The molecule has 0 unspecified atom stereocenters. The molecule has 3 N–H and O–H groups in total. The SMILES string of the molecule is CCC(CC)c1cc(CNC(=NC)NCCNS(=O)(=O)c2cccs2)on1. The lowest BCUT2D eigenvalue weighted by Gasteiger charge is -2.11. The van der Waals surface area contributed by atoms with E-state index in [0.29, 0.717) is 29.2 Å². The van der Waals surface area contributed by atoms with Gasteiger partial charge in [0.05, 0.1) is 12.2 Å². The summed E-state index contributed by atoms with van der Waals surface area (Å²) in [6.45, 7) is 5.38. The summed E-state index contributed by atoms with van der Waals surface area (Å²) in [7, 11) is -1.79. The van der Waals surface area contributed by atoms with Gasteiger partial charge in [0.2, 0.25) is 10.0 Å². The van der Waals surface area contributed by atoms with Crippen molar-refractivity contribution in [3.8, 4) is 0 Å². The molecule has 0 aromatic carbocycles. The first-order valence-corrected chi connectivity index (χ1v) is 11.3. The van der Waals surface area contributed by atoms with E-state index in [9.17, 15) is 8.42 Å². The second-order valence-electron chi connectivity index (χ2n) is 5.91. The molecule has 0 aliphatic carbocycles. The van der Waals surface area contributed by atoms with Crippen molar-refractivity contribution in [2.24, 2.45) is 4.99 Å². The number of sulfonamides is 1. The van der Waals surface area contributed by atoms with Gasteiger partial charge in [0.25, 0.3) is 0 Å². The first kappa shape index (κ1) is 21.4. The Kier molecular flexibility index (Phi) is 8.26. The molecule has 10 heteroatoms. The monoisotopic (exact) mass is 413 g/mol. The molecule has 0 fully saturated rings. The Hall–Kier alpha value is -1.91. The van der Waals surface area contributed by atoms with Crippen molar-refractivity contribution in [3.05, 3.63) is 35.0 Å². The Balaban J connectivity index is 1.75. The van der Waals surface area contributed by atoms with Crippen LogP contribution in [-0.2, 0) is 16.6 Å². The summed E-state index contributed by atoms with van der Waals surface area (Å²) in [5, 5.41) is 12.1. The van der Waals surface area contributed by atoms with Crippen molar-refractivity contribution in [1.82, 2.24) is 20.5 Å². The smallest absolute Gasteiger partial charge is 0.250 e. The zero-order valence-electron chi connectivity index (χ0n) is 15.9. The highest BCUT2D eigenvalue weighted by Crippen LogP contribution is 2.22. The molecule has 2 aromatic rings. The molecule has 0 spiro atoms. The molecule has 2 aromatic heterocycles. The predicted octanol–water partition coefficient (Wildman–Crippen LogP) is 2.28. The van der Waals surface area contributed by atoms with E-state index in [1.807, 2.05) is 6.07 Å². The lowest BCUT2D eigenvalue weighted by Crippen LogP contribution is -2.41. The van der Waals surface area contributed by atoms with Gasteiger partial charge in [-0.1, -0.05) is 25.1 Å². The Labute approximate surface area is 164 Å². The van der Waals surface area contributed by atoms with Crippen LogP contribution in [0, 0.1) is 0 Å². The number of hydrogen-bond donors (Lipinski definition) is 3. The van der Waals surface area contributed by atoms with E-state index in [-0.39, 0.29) is 6.54 Å². The second kappa shape index (κ2) is 10.4. The highest BCUT2D eigenvalue weighted by molar-refractivity contribution is 7.91. The summed E-state index contributed by atoms with van der Waals surface area (Å²) in [6, 6.07) is 5.25. The van der Waals surface area contributed by atoms with Crippen LogP contribution < -0.4 is 15.4 Å². The molecule has 0 aliphatic heterocycles. The minimum atomic E-state index is -3.44. The predicted molar refractivity (Wildman–Crippen MR) is 108 cm³/mol. The average Bonchev–Trinajstić information content (AvgIpc) is 3.35. The van der Waals surface area contributed by atoms with Gasteiger partial charge in [-0.2, -0.15) is 0 Å². The van der Waals surface area contributed by atoms with Gasteiger partial charge >= 0.3 is 0 Å². The molecule has 2 heterocycles. The lowest BCUT2D eigenvalue weighted by molar-refractivity contribution is 0.368. The van der Waals surface area contributed by atoms with Gasteiger partial charge in [0.15, 0.2) is 11.7 Å². The van der Waals surface area contributed by atoms with E-state index in [0.717, 1.165) is 24.3 Å². The third-order valence-corrected chi connectivity index (χ3v) is 6.96. The van der Waals surface area contributed by atoms with Gasteiger partial charge in [-0.3, -0.25) is 4.99 Å². The molecule has 8 nitrogen and oxygen atoms in total. The lowest BCUT2D eigenvalue weighted by atomic mass is 9.99. The molecule has 27 heavy (non-hydrogen) atoms. The number of nitrogens with zero attached hydrogens (tertiary/aromatic N) is 2. The highest BCUT2D eigenvalue weighted by Gasteiger charge is 2.14. The molecule has 0 aliphatic rings. The van der Waals surface area contributed by atoms with Crippen molar-refractivity contribution in [2.45, 2.75) is 43.4 Å². The number of thiophene rings is 1. The molecular formula is C17H27N5O3S2. The summed E-state index contributed by atoms with van der Waals surface area (Å²) in [5.41, 5.74) is 0.975. The van der Waals surface area contributed by atoms with Crippen molar-refractivity contribution in [3.63, 3.8) is 0 Å². The third kappa shape index (κ3) is 6.33. The Morgan fingerprint density at radius 2 is 2.07 bits per heavy atom. The minimum absolute atomic E-state index is 0.252. The summed E-state index contributed by atoms with van der Waals surface area (Å²) in [4.78, 5) is 4.12. The number of guanidine groups is 1. The van der Waals surface area contributed by atoms with Crippen LogP contribution in [0.15, 0.2) is 37.3 Å². The topological polar surface area (TPSA) is 109 Å². The molecule has 0 amide bonds. The van der Waals surface area contributed by atoms with Crippen molar-refractivity contribution < 1.29 is 12.9 Å². The summed E-state index contributed by atoms with van der Waals surface area (Å²) < 4.78 is 32.3. The van der Waals surface area contributed by atoms with Crippen molar-refractivity contribution in [2.75, 3.05) is 20.1 Å². The minimum Gasteiger partial charge on any atom is -0.359 e. The molecular weight excluding hydrogens is 386 g/mol. The van der Waals surface area contributed by atoms with E-state index in [2.05, 4.69) is 39.4 Å². The summed E-state index contributed by atoms with van der Waals surface area (Å²) >= 11 is 1.19. The Bertz CT molecular complexity index is 812. The van der Waals surface area contributed by atoms with Gasteiger partial charge in [0.1, 0.15) is 4.21 Å². The Morgan fingerprint density at radius 3 is 2.70 bits per heavy atom. The van der Waals surface area contributed by atoms with Crippen LogP contribution in [0.4, 0.5) is 0 Å². The number of rotatable bonds is 10. The van der Waals surface area contributed by atoms with Gasteiger partial charge < -0.3 is 15.2 Å². The molecule has 0 atom stereocenters. The fraction of sp³-hybridized carbons (Fsp3) is 0.529. The first-order valence-electron chi connectivity index (χ1n) is 8.93.